The lowest BCUT2D eigenvalue weighted by molar-refractivity contribution is 0.114. The van der Waals surface area contributed by atoms with Gasteiger partial charge in [-0.1, -0.05) is 0 Å². The monoisotopic (exact) mass is 188 g/mol. The third kappa shape index (κ3) is 8.22. The van der Waals surface area contributed by atoms with E-state index >= 15 is 0 Å². The zero-order chi connectivity index (χ0) is 10.3. The van der Waals surface area contributed by atoms with E-state index in [0.717, 1.165) is 13.1 Å². The third-order valence-corrected chi connectivity index (χ3v) is 2.17. The molecule has 0 saturated carbocycles. The van der Waals surface area contributed by atoms with Gasteiger partial charge in [-0.3, -0.25) is 0 Å². The van der Waals surface area contributed by atoms with E-state index in [1.165, 1.54) is 6.42 Å². The van der Waals surface area contributed by atoms with Gasteiger partial charge in [-0.05, 0) is 40.9 Å². The van der Waals surface area contributed by atoms with E-state index in [0.29, 0.717) is 12.1 Å². The Balaban J connectivity index is 3.34. The number of rotatable bonds is 7. The number of nitrogens with one attached hydrogen (secondary N) is 1. The van der Waals surface area contributed by atoms with Crippen molar-refractivity contribution in [2.75, 3.05) is 34.3 Å². The predicted molar refractivity (Wildman–Crippen MR) is 57.1 cm³/mol. The van der Waals surface area contributed by atoms with Crippen LogP contribution < -0.4 is 5.32 Å². The van der Waals surface area contributed by atoms with Crippen LogP contribution in [0.25, 0.3) is 0 Å². The predicted octanol–water partition coefficient (Wildman–Crippen LogP) is 0.951. The first-order chi connectivity index (χ1) is 6.06. The van der Waals surface area contributed by atoms with Gasteiger partial charge in [0.2, 0.25) is 0 Å². The summed E-state index contributed by atoms with van der Waals surface area (Å²) >= 11 is 0. The average Bonchev–Trinajstić information content (AvgIpc) is 2.10. The van der Waals surface area contributed by atoms with Gasteiger partial charge in [-0.2, -0.15) is 0 Å². The van der Waals surface area contributed by atoms with Gasteiger partial charge in [0.1, 0.15) is 0 Å². The van der Waals surface area contributed by atoms with Crippen molar-refractivity contribution in [3.05, 3.63) is 0 Å². The third-order valence-electron chi connectivity index (χ3n) is 2.17. The SMILES string of the molecule is COC(C)CNC(C)CCN(C)C. The summed E-state index contributed by atoms with van der Waals surface area (Å²) in [5.74, 6) is 0. The van der Waals surface area contributed by atoms with Crippen LogP contribution in [0.2, 0.25) is 0 Å². The van der Waals surface area contributed by atoms with Crippen LogP contribution in [-0.4, -0.2) is 51.3 Å². The lowest BCUT2D eigenvalue weighted by Crippen LogP contribution is -2.35. The minimum absolute atomic E-state index is 0.307. The molecule has 0 rings (SSSR count). The molecule has 3 nitrogen and oxygen atoms in total. The number of hydrogen-bond acceptors (Lipinski definition) is 3. The molecule has 3 heteroatoms. The molecule has 0 heterocycles. The molecule has 0 amide bonds. The fourth-order valence-corrected chi connectivity index (χ4v) is 1.00. The number of nitrogens with zero attached hydrogens (tertiary/aromatic N) is 1. The molecule has 0 fully saturated rings. The maximum atomic E-state index is 5.15. The van der Waals surface area contributed by atoms with Crippen LogP contribution in [0.4, 0.5) is 0 Å². The van der Waals surface area contributed by atoms with Crippen LogP contribution in [-0.2, 0) is 4.74 Å². The van der Waals surface area contributed by atoms with Gasteiger partial charge in [0.15, 0.2) is 0 Å². The molecule has 0 radical (unpaired) electrons. The summed E-state index contributed by atoms with van der Waals surface area (Å²) in [5, 5.41) is 3.44. The first kappa shape index (κ1) is 12.9. The highest BCUT2D eigenvalue weighted by Crippen LogP contribution is 1.93. The summed E-state index contributed by atoms with van der Waals surface area (Å²) in [4.78, 5) is 2.21. The number of ether oxygens (including phenoxy) is 1. The molecule has 13 heavy (non-hydrogen) atoms. The number of hydrogen-bond donors (Lipinski definition) is 1. The van der Waals surface area contributed by atoms with Crippen molar-refractivity contribution in [3.8, 4) is 0 Å². The molecule has 0 saturated heterocycles. The summed E-state index contributed by atoms with van der Waals surface area (Å²) in [6.07, 6.45) is 1.49. The van der Waals surface area contributed by atoms with Crippen molar-refractivity contribution in [3.63, 3.8) is 0 Å². The van der Waals surface area contributed by atoms with Gasteiger partial charge in [0.05, 0.1) is 6.10 Å². The Morgan fingerprint density at radius 2 is 1.92 bits per heavy atom. The van der Waals surface area contributed by atoms with Crippen molar-refractivity contribution < 1.29 is 4.74 Å². The Hall–Kier alpha value is -0.120. The molecule has 0 aromatic rings. The Bertz CT molecular complexity index is 117. The summed E-state index contributed by atoms with van der Waals surface area (Å²) in [6, 6.07) is 0.569. The highest BCUT2D eigenvalue weighted by atomic mass is 16.5. The molecule has 80 valence electrons. The van der Waals surface area contributed by atoms with Gasteiger partial charge < -0.3 is 15.0 Å². The Morgan fingerprint density at radius 3 is 2.38 bits per heavy atom. The first-order valence-electron chi connectivity index (χ1n) is 4.97. The minimum Gasteiger partial charge on any atom is -0.380 e. The molecule has 0 aliphatic rings. The van der Waals surface area contributed by atoms with E-state index in [1.807, 2.05) is 0 Å². The first-order valence-corrected chi connectivity index (χ1v) is 4.97. The van der Waals surface area contributed by atoms with Crippen LogP contribution in [0.15, 0.2) is 0 Å². The van der Waals surface area contributed by atoms with Crippen molar-refractivity contribution in [1.82, 2.24) is 10.2 Å². The molecule has 0 aromatic heterocycles. The van der Waals surface area contributed by atoms with Crippen molar-refractivity contribution in [2.45, 2.75) is 32.4 Å². The normalized spacial score (nSPS) is 16.2. The van der Waals surface area contributed by atoms with E-state index in [-0.39, 0.29) is 0 Å². The van der Waals surface area contributed by atoms with Gasteiger partial charge in [-0.25, -0.2) is 0 Å². The lowest BCUT2D eigenvalue weighted by Gasteiger charge is -2.18. The van der Waals surface area contributed by atoms with Crippen molar-refractivity contribution >= 4 is 0 Å². The van der Waals surface area contributed by atoms with E-state index in [2.05, 4.69) is 38.2 Å². The van der Waals surface area contributed by atoms with Gasteiger partial charge in [0, 0.05) is 19.7 Å². The molecule has 1 N–H and O–H groups in total. The average molecular weight is 188 g/mol. The smallest absolute Gasteiger partial charge is 0.0667 e. The van der Waals surface area contributed by atoms with Gasteiger partial charge in [-0.15, -0.1) is 0 Å². The van der Waals surface area contributed by atoms with E-state index < -0.39 is 0 Å². The van der Waals surface area contributed by atoms with Crippen LogP contribution in [0.3, 0.4) is 0 Å². The molecule has 0 bridgehead atoms. The summed E-state index contributed by atoms with van der Waals surface area (Å²) < 4.78 is 5.15. The van der Waals surface area contributed by atoms with Crippen LogP contribution in [0, 0.1) is 0 Å². The second-order valence-corrected chi connectivity index (χ2v) is 3.95. The second kappa shape index (κ2) is 7.30. The highest BCUT2D eigenvalue weighted by molar-refractivity contribution is 4.64. The Kier molecular flexibility index (Phi) is 7.23. The fourth-order valence-electron chi connectivity index (χ4n) is 1.00. The Labute approximate surface area is 82.4 Å². The van der Waals surface area contributed by atoms with Crippen LogP contribution in [0.1, 0.15) is 20.3 Å². The largest absolute Gasteiger partial charge is 0.380 e. The van der Waals surface area contributed by atoms with E-state index in [9.17, 15) is 0 Å². The second-order valence-electron chi connectivity index (χ2n) is 3.95. The van der Waals surface area contributed by atoms with Crippen molar-refractivity contribution in [1.29, 1.82) is 0 Å². The number of methoxy groups -OCH3 is 1. The van der Waals surface area contributed by atoms with Crippen LogP contribution >= 0.6 is 0 Å². The highest BCUT2D eigenvalue weighted by Gasteiger charge is 2.04. The molecule has 0 aliphatic heterocycles. The minimum atomic E-state index is 0.307. The molecular formula is C10H24N2O. The van der Waals surface area contributed by atoms with Gasteiger partial charge >= 0.3 is 0 Å². The van der Waals surface area contributed by atoms with E-state index in [1.54, 1.807) is 7.11 Å². The zero-order valence-electron chi connectivity index (χ0n) is 9.63. The molecular weight excluding hydrogens is 164 g/mol. The van der Waals surface area contributed by atoms with Crippen LogP contribution in [0.5, 0.6) is 0 Å². The molecule has 0 aliphatic carbocycles. The molecule has 0 spiro atoms. The van der Waals surface area contributed by atoms with E-state index in [4.69, 9.17) is 4.74 Å². The maximum absolute atomic E-state index is 5.15. The fraction of sp³-hybridized carbons (Fsp3) is 1.00. The summed E-state index contributed by atoms with van der Waals surface area (Å²) in [6.45, 7) is 6.36. The molecule has 2 atom stereocenters. The summed E-state index contributed by atoms with van der Waals surface area (Å²) in [5.41, 5.74) is 0. The Morgan fingerprint density at radius 1 is 1.31 bits per heavy atom. The zero-order valence-corrected chi connectivity index (χ0v) is 9.63. The van der Waals surface area contributed by atoms with Gasteiger partial charge in [0.25, 0.3) is 0 Å². The standard InChI is InChI=1S/C10H24N2O/c1-9(6-7-12(3)4)11-8-10(2)13-5/h9-11H,6-8H2,1-5H3. The summed E-state index contributed by atoms with van der Waals surface area (Å²) in [7, 11) is 5.95. The molecule has 0 aromatic carbocycles. The quantitative estimate of drug-likeness (QED) is 0.644. The lowest BCUT2D eigenvalue weighted by atomic mass is 10.2. The maximum Gasteiger partial charge on any atom is 0.0667 e. The van der Waals surface area contributed by atoms with Crippen molar-refractivity contribution in [2.24, 2.45) is 0 Å². The topological polar surface area (TPSA) is 24.5 Å². The molecule has 2 unspecified atom stereocenters.